The molecule has 0 radical (unpaired) electrons. The Hall–Kier alpha value is -3.02. The first-order valence-corrected chi connectivity index (χ1v) is 11.5. The molecule has 0 bridgehead atoms. The molecule has 2 aliphatic rings. The lowest BCUT2D eigenvalue weighted by Crippen LogP contribution is -2.44. The van der Waals surface area contributed by atoms with Gasteiger partial charge in [-0.2, -0.15) is 0 Å². The van der Waals surface area contributed by atoms with Crippen molar-refractivity contribution in [3.8, 4) is 0 Å². The van der Waals surface area contributed by atoms with Gasteiger partial charge in [-0.15, -0.1) is 0 Å². The maximum Gasteiger partial charge on any atom is 0.227 e. The Bertz CT molecular complexity index is 894. The lowest BCUT2D eigenvalue weighted by Gasteiger charge is -2.24. The quantitative estimate of drug-likeness (QED) is 0.472. The summed E-state index contributed by atoms with van der Waals surface area (Å²) in [5, 5.41) is 10.0. The van der Waals surface area contributed by atoms with Gasteiger partial charge in [-0.05, 0) is 56.0 Å². The monoisotopic (exact) mass is 419 g/mol. The normalized spacial score (nSPS) is 19.1. The van der Waals surface area contributed by atoms with Crippen molar-refractivity contribution >= 4 is 23.2 Å². The van der Waals surface area contributed by atoms with E-state index < -0.39 is 0 Å². The summed E-state index contributed by atoms with van der Waals surface area (Å²) in [6, 6.07) is 18.9. The molecule has 1 saturated heterocycles. The van der Waals surface area contributed by atoms with Gasteiger partial charge in [0.1, 0.15) is 0 Å². The molecule has 164 valence electrons. The minimum atomic E-state index is 0.145. The summed E-state index contributed by atoms with van der Waals surface area (Å²) in [5.41, 5.74) is 3.22. The van der Waals surface area contributed by atoms with Crippen LogP contribution >= 0.6 is 0 Å². The molecular weight excluding hydrogens is 386 g/mol. The first kappa shape index (κ1) is 21.2. The number of rotatable bonds is 7. The summed E-state index contributed by atoms with van der Waals surface area (Å²) < 4.78 is 0. The Morgan fingerprint density at radius 3 is 2.68 bits per heavy atom. The number of nitrogens with zero attached hydrogens (tertiary/aromatic N) is 2. The summed E-state index contributed by atoms with van der Waals surface area (Å²) in [6.07, 6.45) is 4.27. The van der Waals surface area contributed by atoms with Crippen molar-refractivity contribution in [2.24, 2.45) is 10.9 Å². The highest BCUT2D eigenvalue weighted by Crippen LogP contribution is 2.27. The Labute approximate surface area is 185 Å². The largest absolute Gasteiger partial charge is 0.369 e. The second-order valence-corrected chi connectivity index (χ2v) is 8.42. The third-order valence-electron chi connectivity index (χ3n) is 6.08. The van der Waals surface area contributed by atoms with Gasteiger partial charge in [0, 0.05) is 43.0 Å². The van der Waals surface area contributed by atoms with Gasteiger partial charge in [0.25, 0.3) is 0 Å². The molecule has 1 unspecified atom stereocenters. The Morgan fingerprint density at radius 1 is 1.10 bits per heavy atom. The molecule has 3 N–H and O–H groups in total. The van der Waals surface area contributed by atoms with Gasteiger partial charge in [0.05, 0.1) is 6.54 Å². The molecule has 2 aromatic carbocycles. The number of hydrogen-bond acceptors (Lipinski definition) is 3. The van der Waals surface area contributed by atoms with Gasteiger partial charge in [0.15, 0.2) is 5.96 Å². The molecule has 0 aromatic heterocycles. The SMILES string of the molecule is CCNC(=NCc1cccc(NC(=O)C2CCC2)c1)NC1CCN(c2ccccc2)C1. The number of carbonyl (C=O) groups excluding carboxylic acids is 1. The van der Waals surface area contributed by atoms with Crippen molar-refractivity contribution in [1.82, 2.24) is 10.6 Å². The van der Waals surface area contributed by atoms with Crippen LogP contribution in [0.4, 0.5) is 11.4 Å². The molecule has 1 amide bonds. The van der Waals surface area contributed by atoms with Gasteiger partial charge in [-0.1, -0.05) is 36.8 Å². The van der Waals surface area contributed by atoms with Gasteiger partial charge < -0.3 is 20.9 Å². The van der Waals surface area contributed by atoms with E-state index in [4.69, 9.17) is 4.99 Å². The van der Waals surface area contributed by atoms with Gasteiger partial charge in [0.2, 0.25) is 5.91 Å². The second kappa shape index (κ2) is 10.3. The second-order valence-electron chi connectivity index (χ2n) is 8.42. The Balaban J connectivity index is 1.33. The van der Waals surface area contributed by atoms with Crippen molar-refractivity contribution in [1.29, 1.82) is 0 Å². The van der Waals surface area contributed by atoms with E-state index >= 15 is 0 Å². The minimum Gasteiger partial charge on any atom is -0.369 e. The molecule has 1 aliphatic carbocycles. The third-order valence-corrected chi connectivity index (χ3v) is 6.08. The van der Waals surface area contributed by atoms with Crippen LogP contribution in [-0.4, -0.2) is 37.5 Å². The first-order chi connectivity index (χ1) is 15.2. The number of amides is 1. The van der Waals surface area contributed by atoms with Crippen LogP contribution in [0.3, 0.4) is 0 Å². The van der Waals surface area contributed by atoms with Crippen LogP contribution in [0.25, 0.3) is 0 Å². The van der Waals surface area contributed by atoms with Crippen LogP contribution in [0.2, 0.25) is 0 Å². The average molecular weight is 420 g/mol. The summed E-state index contributed by atoms with van der Waals surface area (Å²) in [4.78, 5) is 19.4. The predicted octanol–water partition coefficient (Wildman–Crippen LogP) is 3.76. The predicted molar refractivity (Wildman–Crippen MR) is 127 cm³/mol. The highest BCUT2D eigenvalue weighted by atomic mass is 16.1. The molecule has 1 saturated carbocycles. The summed E-state index contributed by atoms with van der Waals surface area (Å²) >= 11 is 0. The zero-order valence-corrected chi connectivity index (χ0v) is 18.3. The molecule has 31 heavy (non-hydrogen) atoms. The smallest absolute Gasteiger partial charge is 0.227 e. The van der Waals surface area contributed by atoms with E-state index in [9.17, 15) is 4.79 Å². The average Bonchev–Trinajstić information content (AvgIpc) is 3.20. The highest BCUT2D eigenvalue weighted by molar-refractivity contribution is 5.93. The van der Waals surface area contributed by atoms with E-state index in [1.165, 1.54) is 5.69 Å². The zero-order valence-electron chi connectivity index (χ0n) is 18.3. The molecule has 4 rings (SSSR count). The fourth-order valence-corrected chi connectivity index (χ4v) is 4.10. The molecule has 1 heterocycles. The fraction of sp³-hybridized carbons (Fsp3) is 0.440. The number of aliphatic imine (C=N–C) groups is 1. The maximum absolute atomic E-state index is 12.2. The van der Waals surface area contributed by atoms with E-state index in [0.717, 1.165) is 62.5 Å². The van der Waals surface area contributed by atoms with Crippen molar-refractivity contribution in [3.63, 3.8) is 0 Å². The number of para-hydroxylation sites is 1. The molecule has 1 aliphatic heterocycles. The Morgan fingerprint density at radius 2 is 1.94 bits per heavy atom. The standard InChI is InChI=1S/C25H33N5O/c1-2-26-25(29-22-14-15-30(18-22)23-12-4-3-5-13-23)27-17-19-8-6-11-21(16-19)28-24(31)20-9-7-10-20/h3-6,8,11-13,16,20,22H,2,7,9-10,14-15,17-18H2,1H3,(H,28,31)(H2,26,27,29). The van der Waals surface area contributed by atoms with Gasteiger partial charge in [-0.3, -0.25) is 4.79 Å². The molecular formula is C25H33N5O. The molecule has 2 aromatic rings. The van der Waals surface area contributed by atoms with Crippen LogP contribution in [0.15, 0.2) is 59.6 Å². The maximum atomic E-state index is 12.2. The number of anilines is 2. The highest BCUT2D eigenvalue weighted by Gasteiger charge is 2.25. The van der Waals surface area contributed by atoms with E-state index in [0.29, 0.717) is 12.6 Å². The van der Waals surface area contributed by atoms with Crippen molar-refractivity contribution in [2.75, 3.05) is 29.9 Å². The van der Waals surface area contributed by atoms with Crippen molar-refractivity contribution in [3.05, 3.63) is 60.2 Å². The van der Waals surface area contributed by atoms with Crippen molar-refractivity contribution < 1.29 is 4.79 Å². The first-order valence-electron chi connectivity index (χ1n) is 11.5. The van der Waals surface area contributed by atoms with Crippen LogP contribution in [-0.2, 0) is 11.3 Å². The zero-order chi connectivity index (χ0) is 21.5. The number of nitrogens with one attached hydrogen (secondary N) is 3. The minimum absolute atomic E-state index is 0.145. The third kappa shape index (κ3) is 5.78. The molecule has 2 fully saturated rings. The number of carbonyl (C=O) groups is 1. The topological polar surface area (TPSA) is 68.8 Å². The van der Waals surface area contributed by atoms with Crippen LogP contribution in [0.1, 0.15) is 38.2 Å². The van der Waals surface area contributed by atoms with Gasteiger partial charge in [-0.25, -0.2) is 4.99 Å². The number of hydrogen-bond donors (Lipinski definition) is 3. The molecule has 6 nitrogen and oxygen atoms in total. The van der Waals surface area contributed by atoms with E-state index in [1.54, 1.807) is 0 Å². The lowest BCUT2D eigenvalue weighted by molar-refractivity contribution is -0.122. The van der Waals surface area contributed by atoms with Gasteiger partial charge >= 0.3 is 0 Å². The van der Waals surface area contributed by atoms with Crippen LogP contribution < -0.4 is 20.9 Å². The fourth-order valence-electron chi connectivity index (χ4n) is 4.10. The van der Waals surface area contributed by atoms with Crippen LogP contribution in [0.5, 0.6) is 0 Å². The molecule has 1 atom stereocenters. The van der Waals surface area contributed by atoms with E-state index in [1.807, 2.05) is 18.2 Å². The summed E-state index contributed by atoms with van der Waals surface area (Å²) in [5.74, 6) is 1.17. The van der Waals surface area contributed by atoms with E-state index in [2.05, 4.69) is 64.2 Å². The van der Waals surface area contributed by atoms with Crippen LogP contribution in [0, 0.1) is 5.92 Å². The lowest BCUT2D eigenvalue weighted by atomic mass is 9.85. The van der Waals surface area contributed by atoms with Crippen molar-refractivity contribution in [2.45, 2.75) is 45.2 Å². The number of benzene rings is 2. The number of guanidine groups is 1. The summed E-state index contributed by atoms with van der Waals surface area (Å²) in [6.45, 7) is 5.48. The summed E-state index contributed by atoms with van der Waals surface area (Å²) in [7, 11) is 0. The van der Waals surface area contributed by atoms with E-state index in [-0.39, 0.29) is 11.8 Å². The Kier molecular flexibility index (Phi) is 7.07. The molecule has 6 heteroatoms. The molecule has 0 spiro atoms.